The Balaban J connectivity index is 1.65. The van der Waals surface area contributed by atoms with Gasteiger partial charge in [0.15, 0.2) is 5.16 Å². The van der Waals surface area contributed by atoms with Crippen LogP contribution in [0.25, 0.3) is 0 Å². The smallest absolute Gasteiger partial charge is 0.254 e. The monoisotopic (exact) mass is 307 g/mol. The standard InChI is InChI=1S/C15H21N3O2S/c1-10-7-14(20)18-12(9-21-15(18)16-10)8-13(19)17-11-5-3-2-4-6-11/h7,11-12H,2-6,8-9H2,1H3,(H,17,19). The van der Waals surface area contributed by atoms with Crippen molar-refractivity contribution in [3.63, 3.8) is 0 Å². The van der Waals surface area contributed by atoms with Gasteiger partial charge in [0.25, 0.3) is 5.56 Å². The molecule has 0 bridgehead atoms. The first-order valence-corrected chi connectivity index (χ1v) is 8.64. The topological polar surface area (TPSA) is 64.0 Å². The summed E-state index contributed by atoms with van der Waals surface area (Å²) in [5.41, 5.74) is 0.698. The van der Waals surface area contributed by atoms with Gasteiger partial charge >= 0.3 is 0 Å². The van der Waals surface area contributed by atoms with E-state index in [1.54, 1.807) is 22.4 Å². The molecule has 21 heavy (non-hydrogen) atoms. The third-order valence-electron chi connectivity index (χ3n) is 4.21. The molecule has 0 aromatic carbocycles. The summed E-state index contributed by atoms with van der Waals surface area (Å²) in [5, 5.41) is 3.87. The molecule has 114 valence electrons. The summed E-state index contributed by atoms with van der Waals surface area (Å²) in [6.45, 7) is 1.83. The molecular weight excluding hydrogens is 286 g/mol. The summed E-state index contributed by atoms with van der Waals surface area (Å²) in [6, 6.07) is 1.81. The fourth-order valence-electron chi connectivity index (χ4n) is 3.16. The van der Waals surface area contributed by atoms with Crippen LogP contribution in [0.3, 0.4) is 0 Å². The third-order valence-corrected chi connectivity index (χ3v) is 5.31. The van der Waals surface area contributed by atoms with Gasteiger partial charge in [0, 0.05) is 30.0 Å². The highest BCUT2D eigenvalue weighted by Gasteiger charge is 2.28. The third kappa shape index (κ3) is 3.31. The quantitative estimate of drug-likeness (QED) is 0.868. The number of thioether (sulfide) groups is 1. The maximum atomic E-state index is 12.2. The SMILES string of the molecule is Cc1cc(=O)n2c(n1)SCC2CC(=O)NC1CCCCC1. The Hall–Kier alpha value is -1.30. The Bertz CT molecular complexity index is 593. The molecule has 1 unspecified atom stereocenters. The summed E-state index contributed by atoms with van der Waals surface area (Å²) in [4.78, 5) is 28.7. The van der Waals surface area contributed by atoms with Gasteiger partial charge in [-0.25, -0.2) is 4.98 Å². The molecule has 1 fully saturated rings. The molecule has 6 heteroatoms. The number of nitrogens with one attached hydrogen (secondary N) is 1. The number of aromatic nitrogens is 2. The average molecular weight is 307 g/mol. The van der Waals surface area contributed by atoms with Crippen molar-refractivity contribution in [2.75, 3.05) is 5.75 Å². The Labute approximate surface area is 128 Å². The fourth-order valence-corrected chi connectivity index (χ4v) is 4.36. The van der Waals surface area contributed by atoms with Crippen LogP contribution in [0, 0.1) is 6.92 Å². The molecule has 1 N–H and O–H groups in total. The van der Waals surface area contributed by atoms with E-state index in [4.69, 9.17) is 0 Å². The maximum absolute atomic E-state index is 12.2. The second-order valence-electron chi connectivity index (χ2n) is 5.96. The Morgan fingerprint density at radius 3 is 2.95 bits per heavy atom. The fraction of sp³-hybridized carbons (Fsp3) is 0.667. The second-order valence-corrected chi connectivity index (χ2v) is 6.95. The molecule has 0 radical (unpaired) electrons. The van der Waals surface area contributed by atoms with Crippen molar-refractivity contribution in [2.45, 2.75) is 62.7 Å². The molecule has 5 nitrogen and oxygen atoms in total. The predicted molar refractivity (Wildman–Crippen MR) is 82.6 cm³/mol. The molecule has 3 rings (SSSR count). The molecule has 1 aromatic rings. The van der Waals surface area contributed by atoms with Gasteiger partial charge in [0.05, 0.1) is 6.04 Å². The van der Waals surface area contributed by atoms with Crippen LogP contribution in [0.4, 0.5) is 0 Å². The first-order valence-electron chi connectivity index (χ1n) is 7.66. The molecule has 1 amide bonds. The lowest BCUT2D eigenvalue weighted by molar-refractivity contribution is -0.122. The van der Waals surface area contributed by atoms with E-state index in [-0.39, 0.29) is 17.5 Å². The van der Waals surface area contributed by atoms with Crippen molar-refractivity contribution in [3.05, 3.63) is 22.1 Å². The Morgan fingerprint density at radius 2 is 2.19 bits per heavy atom. The van der Waals surface area contributed by atoms with E-state index in [9.17, 15) is 9.59 Å². The van der Waals surface area contributed by atoms with Crippen LogP contribution >= 0.6 is 11.8 Å². The lowest BCUT2D eigenvalue weighted by Gasteiger charge is -2.23. The zero-order valence-corrected chi connectivity index (χ0v) is 13.1. The van der Waals surface area contributed by atoms with E-state index in [0.29, 0.717) is 12.5 Å². The Morgan fingerprint density at radius 1 is 1.43 bits per heavy atom. The van der Waals surface area contributed by atoms with Crippen LogP contribution in [0.1, 0.15) is 50.3 Å². The van der Waals surface area contributed by atoms with Gasteiger partial charge in [-0.2, -0.15) is 0 Å². The summed E-state index contributed by atoms with van der Waals surface area (Å²) >= 11 is 1.56. The van der Waals surface area contributed by atoms with Crippen LogP contribution in [0.2, 0.25) is 0 Å². The summed E-state index contributed by atoms with van der Waals surface area (Å²) in [6.07, 6.45) is 6.23. The normalized spacial score (nSPS) is 22.0. The van der Waals surface area contributed by atoms with Gasteiger partial charge in [-0.3, -0.25) is 14.2 Å². The van der Waals surface area contributed by atoms with Gasteiger partial charge in [0.1, 0.15) is 0 Å². The number of hydrogen-bond acceptors (Lipinski definition) is 4. The maximum Gasteiger partial charge on any atom is 0.254 e. The van der Waals surface area contributed by atoms with Crippen molar-refractivity contribution in [1.29, 1.82) is 0 Å². The number of aryl methyl sites for hydroxylation is 1. The van der Waals surface area contributed by atoms with Gasteiger partial charge in [-0.15, -0.1) is 0 Å². The van der Waals surface area contributed by atoms with Crippen molar-refractivity contribution < 1.29 is 4.79 Å². The highest BCUT2D eigenvalue weighted by Crippen LogP contribution is 2.32. The summed E-state index contributed by atoms with van der Waals surface area (Å²) in [5.74, 6) is 0.817. The van der Waals surface area contributed by atoms with Crippen LogP contribution in [0.15, 0.2) is 16.0 Å². The molecule has 2 heterocycles. The Kier molecular flexibility index (Phi) is 4.33. The number of carbonyl (C=O) groups excluding carboxylic acids is 1. The van der Waals surface area contributed by atoms with Gasteiger partial charge in [-0.1, -0.05) is 31.0 Å². The number of hydrogen-bond donors (Lipinski definition) is 1. The number of fused-ring (bicyclic) bond motifs is 1. The van der Waals surface area contributed by atoms with E-state index in [1.165, 1.54) is 19.3 Å². The molecule has 2 aliphatic rings. The van der Waals surface area contributed by atoms with Crippen LogP contribution in [-0.2, 0) is 4.79 Å². The van der Waals surface area contributed by atoms with Gasteiger partial charge in [0.2, 0.25) is 5.91 Å². The largest absolute Gasteiger partial charge is 0.353 e. The number of rotatable bonds is 3. The van der Waals surface area contributed by atoms with Crippen molar-refractivity contribution >= 4 is 17.7 Å². The predicted octanol–water partition coefficient (Wildman–Crippen LogP) is 2.04. The molecular formula is C15H21N3O2S. The zero-order valence-electron chi connectivity index (χ0n) is 12.3. The number of carbonyl (C=O) groups is 1. The molecule has 0 saturated heterocycles. The van der Waals surface area contributed by atoms with Crippen molar-refractivity contribution in [1.82, 2.24) is 14.9 Å². The molecule has 0 spiro atoms. The lowest BCUT2D eigenvalue weighted by Crippen LogP contribution is -2.38. The van der Waals surface area contributed by atoms with Gasteiger partial charge in [-0.05, 0) is 19.8 Å². The highest BCUT2D eigenvalue weighted by molar-refractivity contribution is 7.99. The number of nitrogens with zero attached hydrogens (tertiary/aromatic N) is 2. The minimum Gasteiger partial charge on any atom is -0.353 e. The number of amides is 1. The van der Waals surface area contributed by atoms with Crippen molar-refractivity contribution in [2.24, 2.45) is 0 Å². The minimum atomic E-state index is -0.0609. The zero-order chi connectivity index (χ0) is 14.8. The van der Waals surface area contributed by atoms with E-state index in [0.717, 1.165) is 29.4 Å². The second kappa shape index (κ2) is 6.22. The van der Waals surface area contributed by atoms with Crippen LogP contribution in [-0.4, -0.2) is 27.3 Å². The molecule has 1 aliphatic heterocycles. The molecule has 1 aromatic heterocycles. The first-order chi connectivity index (χ1) is 10.1. The molecule has 1 atom stereocenters. The first kappa shape index (κ1) is 14.6. The van der Waals surface area contributed by atoms with Gasteiger partial charge < -0.3 is 5.32 Å². The van der Waals surface area contributed by atoms with Crippen molar-refractivity contribution in [3.8, 4) is 0 Å². The van der Waals surface area contributed by atoms with E-state index < -0.39 is 0 Å². The van der Waals surface area contributed by atoms with E-state index in [1.807, 2.05) is 6.92 Å². The summed E-state index contributed by atoms with van der Waals surface area (Å²) in [7, 11) is 0. The molecule has 1 saturated carbocycles. The summed E-state index contributed by atoms with van der Waals surface area (Å²) < 4.78 is 1.68. The highest BCUT2D eigenvalue weighted by atomic mass is 32.2. The van der Waals surface area contributed by atoms with Crippen LogP contribution < -0.4 is 10.9 Å². The lowest BCUT2D eigenvalue weighted by atomic mass is 9.95. The van der Waals surface area contributed by atoms with E-state index >= 15 is 0 Å². The molecule has 1 aliphatic carbocycles. The van der Waals surface area contributed by atoms with Crippen LogP contribution in [0.5, 0.6) is 0 Å². The minimum absolute atomic E-state index is 0.0435. The van der Waals surface area contributed by atoms with E-state index in [2.05, 4.69) is 10.3 Å². The average Bonchev–Trinajstić information content (AvgIpc) is 2.82.